The highest BCUT2D eigenvalue weighted by molar-refractivity contribution is 9.12. The molecule has 86 valence electrons. The van der Waals surface area contributed by atoms with Crippen LogP contribution in [0.4, 0.5) is 0 Å². The molecule has 2 heterocycles. The second-order valence-electron chi connectivity index (χ2n) is 3.14. The molecule has 0 radical (unpaired) electrons. The molecule has 2 rings (SSSR count). The van der Waals surface area contributed by atoms with Gasteiger partial charge in [0.2, 0.25) is 0 Å². The van der Waals surface area contributed by atoms with E-state index in [2.05, 4.69) is 49.3 Å². The number of nitrogens with one attached hydrogen (secondary N) is 1. The van der Waals surface area contributed by atoms with Crippen LogP contribution in [0.2, 0.25) is 4.34 Å². The maximum atomic E-state index is 5.97. The Bertz CT molecular complexity index is 495. The van der Waals surface area contributed by atoms with E-state index in [1.165, 1.54) is 10.4 Å². The van der Waals surface area contributed by atoms with Crippen LogP contribution in [-0.2, 0) is 0 Å². The highest BCUT2D eigenvalue weighted by Gasteiger charge is 2.19. The summed E-state index contributed by atoms with van der Waals surface area (Å²) in [6.45, 7) is 0. The lowest BCUT2D eigenvalue weighted by atomic mass is 10.1. The van der Waals surface area contributed by atoms with Crippen LogP contribution in [0.15, 0.2) is 25.8 Å². The second kappa shape index (κ2) is 5.50. The predicted octanol–water partition coefficient (Wildman–Crippen LogP) is 5.30. The molecule has 1 atom stereocenters. The molecule has 0 aliphatic heterocycles. The summed E-state index contributed by atoms with van der Waals surface area (Å²) < 4.78 is 3.08. The minimum atomic E-state index is 0.189. The number of hydrogen-bond acceptors (Lipinski definition) is 3. The Morgan fingerprint density at radius 2 is 2.06 bits per heavy atom. The highest BCUT2D eigenvalue weighted by atomic mass is 79.9. The van der Waals surface area contributed by atoms with Gasteiger partial charge in [-0.1, -0.05) is 11.6 Å². The Morgan fingerprint density at radius 3 is 2.50 bits per heavy atom. The lowest BCUT2D eigenvalue weighted by molar-refractivity contribution is 0.704. The number of thiophene rings is 2. The van der Waals surface area contributed by atoms with Crippen LogP contribution in [0.25, 0.3) is 0 Å². The molecular weight excluding hydrogens is 394 g/mol. The van der Waals surface area contributed by atoms with Crippen LogP contribution >= 0.6 is 66.1 Å². The summed E-state index contributed by atoms with van der Waals surface area (Å²) in [5.74, 6) is 0. The summed E-state index contributed by atoms with van der Waals surface area (Å²) in [7, 11) is 1.95. The van der Waals surface area contributed by atoms with Crippen molar-refractivity contribution in [3.05, 3.63) is 40.5 Å². The zero-order valence-corrected chi connectivity index (χ0v) is 13.8. The van der Waals surface area contributed by atoms with Gasteiger partial charge >= 0.3 is 0 Å². The molecule has 0 bridgehead atoms. The van der Waals surface area contributed by atoms with Gasteiger partial charge in [0.05, 0.1) is 18.0 Å². The maximum Gasteiger partial charge on any atom is 0.0931 e. The van der Waals surface area contributed by atoms with Crippen LogP contribution in [0.5, 0.6) is 0 Å². The van der Waals surface area contributed by atoms with Crippen molar-refractivity contribution in [3.63, 3.8) is 0 Å². The van der Waals surface area contributed by atoms with Gasteiger partial charge in [0.25, 0.3) is 0 Å². The third-order valence-electron chi connectivity index (χ3n) is 2.16. The van der Waals surface area contributed by atoms with Gasteiger partial charge in [0, 0.05) is 10.4 Å². The Kier molecular flexibility index (Phi) is 4.49. The van der Waals surface area contributed by atoms with Gasteiger partial charge in [-0.25, -0.2) is 0 Å². The largest absolute Gasteiger partial charge is 0.309 e. The quantitative estimate of drug-likeness (QED) is 0.736. The van der Waals surface area contributed by atoms with E-state index in [1.54, 1.807) is 22.7 Å². The highest BCUT2D eigenvalue weighted by Crippen LogP contribution is 2.39. The molecule has 0 spiro atoms. The fourth-order valence-electron chi connectivity index (χ4n) is 1.48. The molecule has 0 saturated carbocycles. The zero-order chi connectivity index (χ0) is 11.7. The Labute approximate surface area is 124 Å². The van der Waals surface area contributed by atoms with E-state index < -0.39 is 0 Å². The lowest BCUT2D eigenvalue weighted by Gasteiger charge is -2.13. The first-order valence-electron chi connectivity index (χ1n) is 4.49. The molecule has 0 aromatic carbocycles. The summed E-state index contributed by atoms with van der Waals surface area (Å²) in [5, 5.41) is 3.31. The summed E-state index contributed by atoms with van der Waals surface area (Å²) in [6.07, 6.45) is 0. The first-order valence-corrected chi connectivity index (χ1v) is 8.08. The molecule has 2 aromatic heterocycles. The molecule has 0 aliphatic rings. The standard InChI is InChI=1S/C10H8Br2ClNS2/c1-14-9(6-2-3-8(13)15-6)5-4-7(11)16-10(5)12/h2-4,9,14H,1H3. The van der Waals surface area contributed by atoms with Gasteiger partial charge in [-0.05, 0) is 57.1 Å². The third-order valence-corrected chi connectivity index (χ3v) is 5.84. The van der Waals surface area contributed by atoms with E-state index in [4.69, 9.17) is 11.6 Å². The normalized spacial score (nSPS) is 13.0. The number of rotatable bonds is 3. The van der Waals surface area contributed by atoms with Gasteiger partial charge in [0.1, 0.15) is 0 Å². The molecule has 1 unspecified atom stereocenters. The van der Waals surface area contributed by atoms with Gasteiger partial charge in [-0.15, -0.1) is 22.7 Å². The van der Waals surface area contributed by atoms with Crippen molar-refractivity contribution in [2.75, 3.05) is 7.05 Å². The van der Waals surface area contributed by atoms with Gasteiger partial charge in [0.15, 0.2) is 0 Å². The van der Waals surface area contributed by atoms with E-state index in [9.17, 15) is 0 Å². The predicted molar refractivity (Wildman–Crippen MR) is 80.0 cm³/mol. The van der Waals surface area contributed by atoms with Gasteiger partial charge in [-0.3, -0.25) is 0 Å². The minimum absolute atomic E-state index is 0.189. The summed E-state index contributed by atoms with van der Waals surface area (Å²) in [5.41, 5.74) is 1.23. The molecule has 16 heavy (non-hydrogen) atoms. The average molecular weight is 402 g/mol. The van der Waals surface area contributed by atoms with Crippen LogP contribution in [0, 0.1) is 0 Å². The van der Waals surface area contributed by atoms with Crippen molar-refractivity contribution in [3.8, 4) is 0 Å². The molecule has 6 heteroatoms. The SMILES string of the molecule is CNC(c1ccc(Cl)s1)c1cc(Br)sc1Br. The van der Waals surface area contributed by atoms with E-state index in [0.717, 1.165) is 11.9 Å². The van der Waals surface area contributed by atoms with E-state index in [1.807, 2.05) is 13.1 Å². The third kappa shape index (κ3) is 2.71. The molecule has 2 aromatic rings. The molecule has 1 N–H and O–H groups in total. The molecule has 1 nitrogen and oxygen atoms in total. The maximum absolute atomic E-state index is 5.97. The minimum Gasteiger partial charge on any atom is -0.309 e. The second-order valence-corrected chi connectivity index (χ2v) is 8.64. The molecular formula is C10H8Br2ClNS2. The Hall–Kier alpha value is 0.610. The van der Waals surface area contributed by atoms with Crippen molar-refractivity contribution >= 4 is 66.1 Å². The molecule has 0 saturated heterocycles. The lowest BCUT2D eigenvalue weighted by Crippen LogP contribution is -2.16. The molecule has 0 aliphatic carbocycles. The number of halogens is 3. The molecule has 0 amide bonds. The fourth-order valence-corrected chi connectivity index (χ4v) is 5.58. The van der Waals surface area contributed by atoms with Crippen molar-refractivity contribution in [1.29, 1.82) is 0 Å². The van der Waals surface area contributed by atoms with Crippen LogP contribution in [0.1, 0.15) is 16.5 Å². The summed E-state index contributed by atoms with van der Waals surface area (Å²) in [6, 6.07) is 6.31. The van der Waals surface area contributed by atoms with E-state index in [0.29, 0.717) is 0 Å². The van der Waals surface area contributed by atoms with Crippen LogP contribution in [0.3, 0.4) is 0 Å². The van der Waals surface area contributed by atoms with Crippen molar-refractivity contribution in [2.24, 2.45) is 0 Å². The summed E-state index contributed by atoms with van der Waals surface area (Å²) >= 11 is 16.3. The first-order chi connectivity index (χ1) is 7.61. The van der Waals surface area contributed by atoms with Crippen molar-refractivity contribution in [2.45, 2.75) is 6.04 Å². The van der Waals surface area contributed by atoms with Crippen LogP contribution < -0.4 is 5.32 Å². The van der Waals surface area contributed by atoms with E-state index >= 15 is 0 Å². The van der Waals surface area contributed by atoms with Crippen molar-refractivity contribution in [1.82, 2.24) is 5.32 Å². The van der Waals surface area contributed by atoms with E-state index in [-0.39, 0.29) is 6.04 Å². The zero-order valence-electron chi connectivity index (χ0n) is 8.26. The van der Waals surface area contributed by atoms with Gasteiger partial charge < -0.3 is 5.32 Å². The molecule has 0 fully saturated rings. The Morgan fingerprint density at radius 1 is 1.31 bits per heavy atom. The van der Waals surface area contributed by atoms with Crippen molar-refractivity contribution < 1.29 is 0 Å². The monoisotopic (exact) mass is 399 g/mol. The van der Waals surface area contributed by atoms with Crippen LogP contribution in [-0.4, -0.2) is 7.05 Å². The first kappa shape index (κ1) is 13.1. The summed E-state index contributed by atoms with van der Waals surface area (Å²) in [4.78, 5) is 1.22. The fraction of sp³-hybridized carbons (Fsp3) is 0.200. The Balaban J connectivity index is 2.40. The smallest absolute Gasteiger partial charge is 0.0931 e. The number of hydrogen-bond donors (Lipinski definition) is 1. The van der Waals surface area contributed by atoms with Gasteiger partial charge in [-0.2, -0.15) is 0 Å². The average Bonchev–Trinajstić information content (AvgIpc) is 2.76. The topological polar surface area (TPSA) is 12.0 Å².